The molecule has 3 aromatic rings. The lowest BCUT2D eigenvalue weighted by Crippen LogP contribution is -2.49. The summed E-state index contributed by atoms with van der Waals surface area (Å²) in [6.07, 6.45) is -5.26. The highest BCUT2D eigenvalue weighted by Crippen LogP contribution is 2.32. The van der Waals surface area contributed by atoms with Crippen molar-refractivity contribution in [3.05, 3.63) is 90.0 Å². The fourth-order valence-corrected chi connectivity index (χ4v) is 6.74. The van der Waals surface area contributed by atoms with Gasteiger partial charge in [-0.1, -0.05) is 54.6 Å². The van der Waals surface area contributed by atoms with Gasteiger partial charge in [-0.15, -0.1) is 13.2 Å². The van der Waals surface area contributed by atoms with Gasteiger partial charge in [-0.3, -0.25) is 4.90 Å². The molecule has 0 aliphatic carbocycles. The van der Waals surface area contributed by atoms with E-state index >= 15 is 0 Å². The molecule has 1 atom stereocenters. The number of nitrogens with zero attached hydrogens (tertiary/aromatic N) is 3. The van der Waals surface area contributed by atoms with Gasteiger partial charge in [0.2, 0.25) is 10.0 Å². The van der Waals surface area contributed by atoms with Gasteiger partial charge < -0.3 is 19.1 Å². The number of hydrogen-bond acceptors (Lipinski definition) is 7. The predicted molar refractivity (Wildman–Crippen MR) is 152 cm³/mol. The zero-order chi connectivity index (χ0) is 29.6. The van der Waals surface area contributed by atoms with Crippen molar-refractivity contribution >= 4 is 15.7 Å². The standard InChI is InChI=1S/C30H34F3N3O5S/c31-30(32,33)41-27-8-4-5-9-28(27)42(37,38)36-16-14-34(15-17-36)18-23-40-29(24-6-2-1-3-7-24)25-10-12-26(13-11-25)35-19-21-39-22-20-35/h1-13,29H,14-23H2. The second-order valence-electron chi connectivity index (χ2n) is 10.1. The van der Waals surface area contributed by atoms with Crippen LogP contribution >= 0.6 is 0 Å². The quantitative estimate of drug-likeness (QED) is 0.336. The summed E-state index contributed by atoms with van der Waals surface area (Å²) >= 11 is 0. The lowest BCUT2D eigenvalue weighted by molar-refractivity contribution is -0.275. The Morgan fingerprint density at radius 2 is 1.40 bits per heavy atom. The molecule has 0 amide bonds. The van der Waals surface area contributed by atoms with Crippen molar-refractivity contribution < 1.29 is 35.8 Å². The van der Waals surface area contributed by atoms with Crippen molar-refractivity contribution in [1.29, 1.82) is 0 Å². The van der Waals surface area contributed by atoms with Crippen LogP contribution in [0.1, 0.15) is 17.2 Å². The number of para-hydroxylation sites is 1. The normalized spacial score (nSPS) is 18.1. The van der Waals surface area contributed by atoms with Gasteiger partial charge in [0, 0.05) is 51.5 Å². The van der Waals surface area contributed by atoms with Crippen LogP contribution in [0.3, 0.4) is 0 Å². The Morgan fingerprint density at radius 3 is 2.07 bits per heavy atom. The number of halogens is 3. The van der Waals surface area contributed by atoms with E-state index in [1.165, 1.54) is 16.4 Å². The number of morpholine rings is 1. The first-order valence-corrected chi connectivity index (χ1v) is 15.3. The average molecular weight is 606 g/mol. The first-order valence-electron chi connectivity index (χ1n) is 13.9. The third kappa shape index (κ3) is 7.61. The molecule has 12 heteroatoms. The number of ether oxygens (including phenoxy) is 3. The van der Waals surface area contributed by atoms with Gasteiger partial charge in [0.05, 0.1) is 19.8 Å². The molecule has 3 aromatic carbocycles. The van der Waals surface area contributed by atoms with Gasteiger partial charge in [-0.25, -0.2) is 8.42 Å². The van der Waals surface area contributed by atoms with Crippen LogP contribution in [0.25, 0.3) is 0 Å². The summed E-state index contributed by atoms with van der Waals surface area (Å²) in [5, 5.41) is 0. The van der Waals surface area contributed by atoms with Gasteiger partial charge in [0.15, 0.2) is 0 Å². The minimum absolute atomic E-state index is 0.147. The summed E-state index contributed by atoms with van der Waals surface area (Å²) in [5.74, 6) is -0.731. The number of benzene rings is 3. The van der Waals surface area contributed by atoms with Crippen LogP contribution in [0.15, 0.2) is 83.8 Å². The van der Waals surface area contributed by atoms with Crippen LogP contribution in [0, 0.1) is 0 Å². The van der Waals surface area contributed by atoms with Crippen molar-refractivity contribution in [3.8, 4) is 5.75 Å². The Hall–Kier alpha value is -3.16. The minimum atomic E-state index is -4.99. The molecule has 1 unspecified atom stereocenters. The number of hydrogen-bond donors (Lipinski definition) is 0. The SMILES string of the molecule is O=S(=O)(c1ccccc1OC(F)(F)F)N1CCN(CCOC(c2ccccc2)c2ccc(N3CCOCC3)cc2)CC1. The van der Waals surface area contributed by atoms with Gasteiger partial charge in [-0.2, -0.15) is 4.31 Å². The van der Waals surface area contributed by atoms with Crippen molar-refractivity contribution in [2.45, 2.75) is 17.4 Å². The molecule has 226 valence electrons. The highest BCUT2D eigenvalue weighted by Gasteiger charge is 2.36. The zero-order valence-electron chi connectivity index (χ0n) is 23.1. The van der Waals surface area contributed by atoms with Crippen LogP contribution < -0.4 is 9.64 Å². The number of alkyl halides is 3. The van der Waals surface area contributed by atoms with E-state index in [0.29, 0.717) is 26.2 Å². The van der Waals surface area contributed by atoms with E-state index in [2.05, 4.69) is 38.8 Å². The lowest BCUT2D eigenvalue weighted by Gasteiger charge is -2.34. The molecule has 0 saturated carbocycles. The van der Waals surface area contributed by atoms with E-state index in [-0.39, 0.29) is 19.2 Å². The topological polar surface area (TPSA) is 71.6 Å². The van der Waals surface area contributed by atoms with E-state index in [1.54, 1.807) is 0 Å². The first kappa shape index (κ1) is 30.3. The molecule has 2 heterocycles. The molecule has 0 N–H and O–H groups in total. The summed E-state index contributed by atoms with van der Waals surface area (Å²) in [6.45, 7) is 5.30. The number of rotatable bonds is 10. The van der Waals surface area contributed by atoms with Crippen molar-refractivity contribution in [2.24, 2.45) is 0 Å². The maximum Gasteiger partial charge on any atom is 0.573 e. The van der Waals surface area contributed by atoms with Gasteiger partial charge >= 0.3 is 6.36 Å². The van der Waals surface area contributed by atoms with Crippen LogP contribution in [-0.4, -0.2) is 89.6 Å². The second-order valence-corrected chi connectivity index (χ2v) is 12.0. The van der Waals surface area contributed by atoms with Crippen molar-refractivity contribution in [3.63, 3.8) is 0 Å². The van der Waals surface area contributed by atoms with E-state index in [9.17, 15) is 21.6 Å². The molecule has 2 aliphatic heterocycles. The Kier molecular flexibility index (Phi) is 9.69. The Balaban J connectivity index is 1.18. The number of sulfonamides is 1. The van der Waals surface area contributed by atoms with Crippen LogP contribution in [0.5, 0.6) is 5.75 Å². The van der Waals surface area contributed by atoms with E-state index in [4.69, 9.17) is 9.47 Å². The molecule has 8 nitrogen and oxygen atoms in total. The number of anilines is 1. The maximum atomic E-state index is 13.2. The smallest absolute Gasteiger partial charge is 0.404 e. The molecule has 2 fully saturated rings. The monoisotopic (exact) mass is 605 g/mol. The van der Waals surface area contributed by atoms with Gasteiger partial charge in [0.25, 0.3) is 0 Å². The highest BCUT2D eigenvalue weighted by atomic mass is 32.2. The van der Waals surface area contributed by atoms with Gasteiger partial charge in [-0.05, 0) is 35.4 Å². The molecule has 42 heavy (non-hydrogen) atoms. The second kappa shape index (κ2) is 13.4. The summed E-state index contributed by atoms with van der Waals surface area (Å²) < 4.78 is 81.9. The molecule has 2 saturated heterocycles. The minimum Gasteiger partial charge on any atom is -0.404 e. The number of piperazine rings is 1. The van der Waals surface area contributed by atoms with E-state index in [0.717, 1.165) is 55.3 Å². The molecular weight excluding hydrogens is 571 g/mol. The van der Waals surface area contributed by atoms with Crippen molar-refractivity contribution in [1.82, 2.24) is 9.21 Å². The summed E-state index contributed by atoms with van der Waals surface area (Å²) in [5.41, 5.74) is 3.22. The fourth-order valence-electron chi connectivity index (χ4n) is 5.20. The van der Waals surface area contributed by atoms with Gasteiger partial charge in [0.1, 0.15) is 16.7 Å². The fraction of sp³-hybridized carbons (Fsp3) is 0.400. The molecular formula is C30H34F3N3O5S. The lowest BCUT2D eigenvalue weighted by atomic mass is 10.0. The Labute approximate surface area is 244 Å². The molecule has 0 radical (unpaired) electrons. The predicted octanol–water partition coefficient (Wildman–Crippen LogP) is 4.53. The zero-order valence-corrected chi connectivity index (χ0v) is 23.9. The van der Waals surface area contributed by atoms with Crippen LogP contribution in [0.2, 0.25) is 0 Å². The third-order valence-corrected chi connectivity index (χ3v) is 9.33. The van der Waals surface area contributed by atoms with Crippen molar-refractivity contribution in [2.75, 3.05) is 70.5 Å². The molecule has 0 aromatic heterocycles. The first-order chi connectivity index (χ1) is 20.2. The molecule has 5 rings (SSSR count). The molecule has 0 bridgehead atoms. The average Bonchev–Trinajstić information content (AvgIpc) is 3.00. The summed E-state index contributed by atoms with van der Waals surface area (Å²) in [6, 6.07) is 23.2. The third-order valence-electron chi connectivity index (χ3n) is 7.39. The molecule has 2 aliphatic rings. The summed E-state index contributed by atoms with van der Waals surface area (Å²) in [7, 11) is -4.17. The molecule has 0 spiro atoms. The largest absolute Gasteiger partial charge is 0.573 e. The van der Waals surface area contributed by atoms with Crippen LogP contribution in [0.4, 0.5) is 18.9 Å². The summed E-state index contributed by atoms with van der Waals surface area (Å²) in [4.78, 5) is 3.89. The van der Waals surface area contributed by atoms with Crippen LogP contribution in [-0.2, 0) is 19.5 Å². The Bertz CT molecular complexity index is 1390. The Morgan fingerprint density at radius 1 is 0.786 bits per heavy atom. The maximum absolute atomic E-state index is 13.2. The van der Waals surface area contributed by atoms with E-state index in [1.807, 2.05) is 30.3 Å². The van der Waals surface area contributed by atoms with E-state index < -0.39 is 27.0 Å². The highest BCUT2D eigenvalue weighted by molar-refractivity contribution is 7.89.